The van der Waals surface area contributed by atoms with Crippen LogP contribution in [0.2, 0.25) is 10.0 Å². The molecule has 0 bridgehead atoms. The number of hydroxylamine groups is 1. The molecule has 0 unspecified atom stereocenters. The molecule has 146 valence electrons. The Hall–Kier alpha value is -2.81. The molecule has 0 radical (unpaired) electrons. The lowest BCUT2D eigenvalue weighted by Crippen LogP contribution is -2.25. The Labute approximate surface area is 169 Å². The van der Waals surface area contributed by atoms with Crippen molar-refractivity contribution in [2.75, 3.05) is 12.8 Å². The molecule has 0 saturated carbocycles. The van der Waals surface area contributed by atoms with E-state index in [9.17, 15) is 9.18 Å². The van der Waals surface area contributed by atoms with Crippen LogP contribution in [0, 0.1) is 5.82 Å². The van der Waals surface area contributed by atoms with Gasteiger partial charge in [0.25, 0.3) is 5.91 Å². The molecule has 1 aromatic carbocycles. The standard InChI is InChI=1S/C18H14Cl2FN3O4/c1-26-17-11(19)3-2-10(15(17)21)13-6-12(22)14(20)16(23-13)18(25)24-28-8-9-4-5-27-7-9/h2-7H,8H2,1H3,(H2,22,23)(H,24,25). The lowest BCUT2D eigenvalue weighted by molar-refractivity contribution is 0.0228. The molecule has 3 N–H and O–H groups in total. The number of methoxy groups -OCH3 is 1. The molecule has 28 heavy (non-hydrogen) atoms. The Morgan fingerprint density at radius 1 is 1.36 bits per heavy atom. The number of aromatic nitrogens is 1. The van der Waals surface area contributed by atoms with Crippen molar-refractivity contribution in [1.82, 2.24) is 10.5 Å². The van der Waals surface area contributed by atoms with Crippen LogP contribution in [0.25, 0.3) is 11.3 Å². The molecule has 3 aromatic rings. The Balaban J connectivity index is 1.89. The minimum absolute atomic E-state index is 0.0398. The van der Waals surface area contributed by atoms with Crippen molar-refractivity contribution in [2.45, 2.75) is 6.61 Å². The van der Waals surface area contributed by atoms with E-state index < -0.39 is 11.7 Å². The fourth-order valence-corrected chi connectivity index (χ4v) is 2.77. The quantitative estimate of drug-likeness (QED) is 0.572. The number of hydrogen-bond donors (Lipinski definition) is 2. The third-order valence-corrected chi connectivity index (χ3v) is 4.41. The number of nitrogens with two attached hydrogens (primary N) is 1. The van der Waals surface area contributed by atoms with E-state index in [4.69, 9.17) is 42.9 Å². The van der Waals surface area contributed by atoms with Gasteiger partial charge in [-0.3, -0.25) is 9.63 Å². The van der Waals surface area contributed by atoms with Crippen LogP contribution >= 0.6 is 23.2 Å². The van der Waals surface area contributed by atoms with E-state index in [-0.39, 0.29) is 45.0 Å². The van der Waals surface area contributed by atoms with Crippen LogP contribution in [0.3, 0.4) is 0 Å². The molecule has 3 rings (SSSR count). The first-order valence-electron chi connectivity index (χ1n) is 7.84. The first kappa shape index (κ1) is 19.9. The monoisotopic (exact) mass is 425 g/mol. The molecule has 2 aromatic heterocycles. The molecule has 0 atom stereocenters. The molecule has 10 heteroatoms. The van der Waals surface area contributed by atoms with E-state index in [1.807, 2.05) is 0 Å². The average molecular weight is 426 g/mol. The smallest absolute Gasteiger partial charge is 0.295 e. The molecule has 7 nitrogen and oxygen atoms in total. The number of carbonyl (C=O) groups excluding carboxylic acids is 1. The minimum atomic E-state index is -0.747. The zero-order valence-electron chi connectivity index (χ0n) is 14.5. The summed E-state index contributed by atoms with van der Waals surface area (Å²) in [7, 11) is 1.29. The van der Waals surface area contributed by atoms with Gasteiger partial charge in [0.1, 0.15) is 6.61 Å². The summed E-state index contributed by atoms with van der Waals surface area (Å²) < 4.78 is 24.5. The molecule has 0 aliphatic heterocycles. The number of anilines is 1. The number of pyridine rings is 1. The number of nitrogen functional groups attached to an aromatic ring is 1. The van der Waals surface area contributed by atoms with Crippen molar-refractivity contribution in [3.8, 4) is 17.0 Å². The summed E-state index contributed by atoms with van der Waals surface area (Å²) in [5.74, 6) is -1.64. The Kier molecular flexibility index (Phi) is 6.03. The summed E-state index contributed by atoms with van der Waals surface area (Å²) >= 11 is 12.0. The van der Waals surface area contributed by atoms with E-state index >= 15 is 0 Å². The van der Waals surface area contributed by atoms with E-state index in [0.717, 1.165) is 0 Å². The number of benzene rings is 1. The summed E-state index contributed by atoms with van der Waals surface area (Å²) in [6, 6.07) is 5.86. The van der Waals surface area contributed by atoms with E-state index in [1.165, 1.54) is 37.8 Å². The molecule has 0 spiro atoms. The van der Waals surface area contributed by atoms with Gasteiger partial charge >= 0.3 is 0 Å². The Morgan fingerprint density at radius 2 is 2.14 bits per heavy atom. The van der Waals surface area contributed by atoms with Crippen LogP contribution in [0.5, 0.6) is 5.75 Å². The van der Waals surface area contributed by atoms with Gasteiger partial charge in [0, 0.05) is 11.1 Å². The molecule has 0 aliphatic carbocycles. The number of ether oxygens (including phenoxy) is 1. The van der Waals surface area contributed by atoms with Gasteiger partial charge in [0.05, 0.1) is 41.1 Å². The van der Waals surface area contributed by atoms with E-state index in [0.29, 0.717) is 5.56 Å². The molecule has 2 heterocycles. The Morgan fingerprint density at radius 3 is 2.82 bits per heavy atom. The number of halogens is 3. The second-order valence-corrected chi connectivity index (χ2v) is 6.34. The second kappa shape index (κ2) is 8.47. The van der Waals surface area contributed by atoms with Crippen LogP contribution in [0.15, 0.2) is 41.2 Å². The average Bonchev–Trinajstić information content (AvgIpc) is 3.18. The largest absolute Gasteiger partial charge is 0.492 e. The van der Waals surface area contributed by atoms with Crippen LogP contribution in [0.4, 0.5) is 10.1 Å². The predicted molar refractivity (Wildman–Crippen MR) is 102 cm³/mol. The first-order valence-corrected chi connectivity index (χ1v) is 8.59. The summed E-state index contributed by atoms with van der Waals surface area (Å²) in [5.41, 5.74) is 8.72. The number of nitrogens with zero attached hydrogens (tertiary/aromatic N) is 1. The third-order valence-electron chi connectivity index (χ3n) is 3.71. The molecule has 0 fully saturated rings. The normalized spacial score (nSPS) is 10.7. The van der Waals surface area contributed by atoms with Crippen LogP contribution in [0.1, 0.15) is 16.1 Å². The summed E-state index contributed by atoms with van der Waals surface area (Å²) in [6.07, 6.45) is 2.94. The van der Waals surface area contributed by atoms with Crippen LogP contribution in [-0.4, -0.2) is 18.0 Å². The van der Waals surface area contributed by atoms with Gasteiger partial charge in [-0.1, -0.05) is 23.2 Å². The summed E-state index contributed by atoms with van der Waals surface area (Å²) in [5, 5.41) is 0.00537. The lowest BCUT2D eigenvalue weighted by atomic mass is 10.1. The fourth-order valence-electron chi connectivity index (χ4n) is 2.36. The van der Waals surface area contributed by atoms with Crippen LogP contribution in [-0.2, 0) is 11.4 Å². The molecular weight excluding hydrogens is 412 g/mol. The number of furan rings is 1. The molecular formula is C18H14Cl2FN3O4. The second-order valence-electron chi connectivity index (χ2n) is 5.55. The highest BCUT2D eigenvalue weighted by molar-refractivity contribution is 6.36. The van der Waals surface area contributed by atoms with Gasteiger partial charge in [-0.25, -0.2) is 14.9 Å². The number of rotatable bonds is 6. The lowest BCUT2D eigenvalue weighted by Gasteiger charge is -2.12. The van der Waals surface area contributed by atoms with Gasteiger partial charge in [0.15, 0.2) is 17.3 Å². The minimum Gasteiger partial charge on any atom is -0.492 e. The third kappa shape index (κ3) is 4.04. The molecule has 1 amide bonds. The highest BCUT2D eigenvalue weighted by atomic mass is 35.5. The van der Waals surface area contributed by atoms with Crippen LogP contribution < -0.4 is 16.0 Å². The summed E-state index contributed by atoms with van der Waals surface area (Å²) in [6.45, 7) is 0.0675. The highest BCUT2D eigenvalue weighted by Gasteiger charge is 2.21. The topological polar surface area (TPSA) is 99.6 Å². The maximum atomic E-state index is 14.7. The fraction of sp³-hybridized carbons (Fsp3) is 0.111. The van der Waals surface area contributed by atoms with Crippen molar-refractivity contribution in [2.24, 2.45) is 0 Å². The maximum Gasteiger partial charge on any atom is 0.295 e. The first-order chi connectivity index (χ1) is 13.4. The van der Waals surface area contributed by atoms with Gasteiger partial charge in [-0.2, -0.15) is 0 Å². The van der Waals surface area contributed by atoms with Gasteiger partial charge < -0.3 is 14.9 Å². The van der Waals surface area contributed by atoms with Crippen molar-refractivity contribution < 1.29 is 23.2 Å². The van der Waals surface area contributed by atoms with Crippen molar-refractivity contribution in [3.63, 3.8) is 0 Å². The number of carbonyl (C=O) groups is 1. The van der Waals surface area contributed by atoms with Crippen molar-refractivity contribution in [3.05, 3.63) is 63.9 Å². The highest BCUT2D eigenvalue weighted by Crippen LogP contribution is 2.36. The predicted octanol–water partition coefficient (Wildman–Crippen LogP) is 4.24. The molecule has 0 saturated heterocycles. The van der Waals surface area contributed by atoms with Gasteiger partial charge in [-0.15, -0.1) is 0 Å². The number of nitrogens with one attached hydrogen (secondary N) is 1. The molecule has 0 aliphatic rings. The van der Waals surface area contributed by atoms with E-state index in [2.05, 4.69) is 10.5 Å². The maximum absolute atomic E-state index is 14.7. The zero-order chi connectivity index (χ0) is 20.3. The van der Waals surface area contributed by atoms with E-state index in [1.54, 1.807) is 6.07 Å². The van der Waals surface area contributed by atoms with Crippen molar-refractivity contribution >= 4 is 34.8 Å². The summed E-state index contributed by atoms with van der Waals surface area (Å²) in [4.78, 5) is 21.6. The zero-order valence-corrected chi connectivity index (χ0v) is 16.0. The SMILES string of the molecule is COc1c(Cl)ccc(-c2cc(N)c(Cl)c(C(=O)NOCc3ccoc3)n2)c1F. The number of amides is 1. The van der Waals surface area contributed by atoms with Gasteiger partial charge in [0.2, 0.25) is 0 Å². The number of hydrogen-bond acceptors (Lipinski definition) is 6. The van der Waals surface area contributed by atoms with Crippen molar-refractivity contribution in [1.29, 1.82) is 0 Å². The Bertz CT molecular complexity index is 1010. The van der Waals surface area contributed by atoms with Gasteiger partial charge in [-0.05, 0) is 24.3 Å².